The van der Waals surface area contributed by atoms with Gasteiger partial charge in [-0.1, -0.05) is 18.1 Å². The molecule has 3 heteroatoms. The van der Waals surface area contributed by atoms with Gasteiger partial charge in [0.05, 0.1) is 6.42 Å². The Bertz CT molecular complexity index is 417. The average Bonchev–Trinajstić information content (AvgIpc) is 2.29. The smallest absolute Gasteiger partial charge is 0.191 e. The van der Waals surface area contributed by atoms with E-state index in [0.29, 0.717) is 11.5 Å². The highest BCUT2D eigenvalue weighted by Gasteiger charge is 2.26. The molecule has 1 aliphatic rings. The Morgan fingerprint density at radius 2 is 2.20 bits per heavy atom. The number of carbonyl (C=O) groups is 1. The Balaban J connectivity index is 2.12. The molecular formula is C12H10O3. The summed E-state index contributed by atoms with van der Waals surface area (Å²) in [6.45, 7) is 0.234. The number of Topliss-reactive ketones (excluding diaryl/α,β-unsaturated/α-hetero) is 1. The van der Waals surface area contributed by atoms with Crippen LogP contribution in [-0.4, -0.2) is 18.5 Å². The van der Waals surface area contributed by atoms with Crippen LogP contribution in [0.3, 0.4) is 0 Å². The molecule has 0 N–H and O–H groups in total. The highest BCUT2D eigenvalue weighted by atomic mass is 16.6. The summed E-state index contributed by atoms with van der Waals surface area (Å²) >= 11 is 0. The molecule has 0 saturated carbocycles. The molecule has 76 valence electrons. The molecule has 15 heavy (non-hydrogen) atoms. The molecule has 3 nitrogen and oxygen atoms in total. The zero-order valence-electron chi connectivity index (χ0n) is 8.10. The van der Waals surface area contributed by atoms with Gasteiger partial charge in [0, 0.05) is 0 Å². The maximum absolute atomic E-state index is 11.5. The van der Waals surface area contributed by atoms with Gasteiger partial charge in [-0.2, -0.15) is 0 Å². The van der Waals surface area contributed by atoms with Crippen molar-refractivity contribution in [1.82, 2.24) is 0 Å². The lowest BCUT2D eigenvalue weighted by Gasteiger charge is -2.24. The van der Waals surface area contributed by atoms with Crippen LogP contribution in [0.25, 0.3) is 0 Å². The quantitative estimate of drug-likeness (QED) is 0.680. The Morgan fingerprint density at radius 1 is 1.47 bits per heavy atom. The molecule has 2 rings (SSSR count). The van der Waals surface area contributed by atoms with E-state index in [1.165, 1.54) is 0 Å². The molecule has 1 heterocycles. The van der Waals surface area contributed by atoms with E-state index in [-0.39, 0.29) is 18.8 Å². The molecule has 1 atom stereocenters. The van der Waals surface area contributed by atoms with Gasteiger partial charge in [0.2, 0.25) is 0 Å². The van der Waals surface area contributed by atoms with Crippen molar-refractivity contribution in [3.63, 3.8) is 0 Å². The summed E-state index contributed by atoms with van der Waals surface area (Å²) in [6, 6.07) is 7.25. The molecule has 0 aromatic heterocycles. The molecule has 0 fully saturated rings. The van der Waals surface area contributed by atoms with Crippen molar-refractivity contribution in [3.8, 4) is 23.8 Å². The predicted molar refractivity (Wildman–Crippen MR) is 54.8 cm³/mol. The topological polar surface area (TPSA) is 35.5 Å². The van der Waals surface area contributed by atoms with Crippen LogP contribution in [-0.2, 0) is 4.79 Å². The van der Waals surface area contributed by atoms with Gasteiger partial charge in [-0.25, -0.2) is 0 Å². The summed E-state index contributed by atoms with van der Waals surface area (Å²) in [6.07, 6.45) is 4.57. The first-order valence-corrected chi connectivity index (χ1v) is 4.66. The molecule has 0 saturated heterocycles. The van der Waals surface area contributed by atoms with Crippen LogP contribution in [0.4, 0.5) is 0 Å². The number of ether oxygens (including phenoxy) is 2. The third kappa shape index (κ3) is 1.94. The predicted octanol–water partition coefficient (Wildman–Crippen LogP) is 1.42. The lowest BCUT2D eigenvalue weighted by molar-refractivity contribution is -0.127. The minimum absolute atomic E-state index is 0.0796. The minimum Gasteiger partial charge on any atom is -0.485 e. The van der Waals surface area contributed by atoms with Crippen molar-refractivity contribution in [2.75, 3.05) is 6.61 Å². The number of rotatable bonds is 2. The van der Waals surface area contributed by atoms with Crippen molar-refractivity contribution in [1.29, 1.82) is 0 Å². The molecule has 0 radical (unpaired) electrons. The summed E-state index contributed by atoms with van der Waals surface area (Å²) in [5, 5.41) is 0. The number of carbonyl (C=O) groups excluding carboxylic acids is 1. The fraction of sp³-hybridized carbons (Fsp3) is 0.250. The van der Waals surface area contributed by atoms with Gasteiger partial charge in [-0.15, -0.1) is 6.42 Å². The number of terminal acetylenes is 1. The molecule has 0 aliphatic carbocycles. The number of fused-ring (bicyclic) bond motifs is 1. The van der Waals surface area contributed by atoms with Gasteiger partial charge in [-0.05, 0) is 12.1 Å². The maximum atomic E-state index is 11.5. The molecule has 0 bridgehead atoms. The fourth-order valence-corrected chi connectivity index (χ4v) is 1.39. The van der Waals surface area contributed by atoms with Crippen LogP contribution >= 0.6 is 0 Å². The number of para-hydroxylation sites is 2. The summed E-state index contributed by atoms with van der Waals surface area (Å²) in [5.41, 5.74) is 0. The van der Waals surface area contributed by atoms with Crippen LogP contribution in [0.5, 0.6) is 11.5 Å². The van der Waals surface area contributed by atoms with Gasteiger partial charge in [0.25, 0.3) is 0 Å². The van der Waals surface area contributed by atoms with Gasteiger partial charge >= 0.3 is 0 Å². The van der Waals surface area contributed by atoms with Crippen molar-refractivity contribution in [2.45, 2.75) is 12.5 Å². The number of hydrogen-bond acceptors (Lipinski definition) is 3. The van der Waals surface area contributed by atoms with Crippen molar-refractivity contribution in [2.24, 2.45) is 0 Å². The minimum atomic E-state index is -0.573. The highest BCUT2D eigenvalue weighted by Crippen LogP contribution is 2.31. The van der Waals surface area contributed by atoms with Crippen LogP contribution in [0.1, 0.15) is 6.42 Å². The summed E-state index contributed by atoms with van der Waals surface area (Å²) in [4.78, 5) is 11.5. The van der Waals surface area contributed by atoms with E-state index in [1.807, 2.05) is 12.1 Å². The first-order chi connectivity index (χ1) is 7.31. The van der Waals surface area contributed by atoms with E-state index in [9.17, 15) is 4.79 Å². The van der Waals surface area contributed by atoms with Crippen molar-refractivity contribution >= 4 is 5.78 Å². The SMILES string of the molecule is C#CCC(=O)C1COc2ccccc2O1. The van der Waals surface area contributed by atoms with Crippen LogP contribution < -0.4 is 9.47 Å². The van der Waals surface area contributed by atoms with Gasteiger partial charge in [0.15, 0.2) is 23.4 Å². The Labute approximate surface area is 88.0 Å². The third-order valence-corrected chi connectivity index (χ3v) is 2.14. The molecular weight excluding hydrogens is 192 g/mol. The molecule has 1 unspecified atom stereocenters. The standard InChI is InChI=1S/C12H10O3/c1-2-5-9(13)12-8-14-10-6-3-4-7-11(10)15-12/h1,3-4,6-7,12H,5,8H2. The van der Waals surface area contributed by atoms with Gasteiger partial charge in [0.1, 0.15) is 6.61 Å². The highest BCUT2D eigenvalue weighted by molar-refractivity contribution is 5.85. The fourth-order valence-electron chi connectivity index (χ4n) is 1.39. The second kappa shape index (κ2) is 4.05. The molecule has 0 amide bonds. The van der Waals surface area contributed by atoms with E-state index in [2.05, 4.69) is 5.92 Å². The number of hydrogen-bond donors (Lipinski definition) is 0. The van der Waals surface area contributed by atoms with Crippen molar-refractivity contribution < 1.29 is 14.3 Å². The lowest BCUT2D eigenvalue weighted by Crippen LogP contribution is -2.36. The van der Waals surface area contributed by atoms with Crippen LogP contribution in [0.2, 0.25) is 0 Å². The van der Waals surface area contributed by atoms with E-state index in [4.69, 9.17) is 15.9 Å². The molecule has 1 aromatic rings. The third-order valence-electron chi connectivity index (χ3n) is 2.14. The summed E-state index contributed by atoms with van der Waals surface area (Å²) < 4.78 is 10.9. The number of benzene rings is 1. The van der Waals surface area contributed by atoms with Crippen molar-refractivity contribution in [3.05, 3.63) is 24.3 Å². The largest absolute Gasteiger partial charge is 0.485 e. The Morgan fingerprint density at radius 3 is 2.93 bits per heavy atom. The Hall–Kier alpha value is -1.95. The summed E-state index contributed by atoms with van der Waals surface area (Å²) in [5.74, 6) is 3.45. The Kier molecular flexibility index (Phi) is 2.59. The van der Waals surface area contributed by atoms with E-state index >= 15 is 0 Å². The lowest BCUT2D eigenvalue weighted by atomic mass is 10.1. The number of ketones is 1. The second-order valence-corrected chi connectivity index (χ2v) is 3.21. The zero-order chi connectivity index (χ0) is 10.7. The normalized spacial score (nSPS) is 17.9. The van der Waals surface area contributed by atoms with E-state index in [0.717, 1.165) is 0 Å². The maximum Gasteiger partial charge on any atom is 0.191 e. The summed E-state index contributed by atoms with van der Waals surface area (Å²) in [7, 11) is 0. The molecule has 1 aromatic carbocycles. The van der Waals surface area contributed by atoms with E-state index < -0.39 is 6.10 Å². The monoisotopic (exact) mass is 202 g/mol. The van der Waals surface area contributed by atoms with Gasteiger partial charge < -0.3 is 9.47 Å². The average molecular weight is 202 g/mol. The van der Waals surface area contributed by atoms with Gasteiger partial charge in [-0.3, -0.25) is 4.79 Å². The molecule has 0 spiro atoms. The van der Waals surface area contributed by atoms with Crippen LogP contribution in [0.15, 0.2) is 24.3 Å². The second-order valence-electron chi connectivity index (χ2n) is 3.21. The van der Waals surface area contributed by atoms with E-state index in [1.54, 1.807) is 12.1 Å². The first kappa shape index (κ1) is 9.60. The van der Waals surface area contributed by atoms with Crippen LogP contribution in [0, 0.1) is 12.3 Å². The first-order valence-electron chi connectivity index (χ1n) is 4.66. The molecule has 1 aliphatic heterocycles. The zero-order valence-corrected chi connectivity index (χ0v) is 8.10.